The molecule has 4 aromatic carbocycles. The van der Waals surface area contributed by atoms with Crippen molar-refractivity contribution in [3.05, 3.63) is 124 Å². The largest absolute Gasteiger partial charge is 0.495 e. The standard InChI is InChI=1S/C37H42ClN3O5S/c1-26-12-16-29(17-13-26)24-40(33(36(43)39-37(3,4)5)22-28-10-8-7-9-11-28)35(42)25-41(30-18-21-34(46-6)32(38)23-30)47(44,45)31-19-14-27(2)15-20-31/h7-21,23,33H,22,24-25H2,1-6H3,(H,39,43). The molecule has 0 radical (unpaired) electrons. The maximum absolute atomic E-state index is 14.6. The average Bonchev–Trinajstić information content (AvgIpc) is 3.02. The number of anilines is 1. The third-order valence-electron chi connectivity index (χ3n) is 7.55. The van der Waals surface area contributed by atoms with Crippen LogP contribution in [0, 0.1) is 13.8 Å². The number of hydrogen-bond acceptors (Lipinski definition) is 5. The second-order valence-corrected chi connectivity index (χ2v) is 14.9. The van der Waals surface area contributed by atoms with Gasteiger partial charge in [0.1, 0.15) is 18.3 Å². The van der Waals surface area contributed by atoms with E-state index in [4.69, 9.17) is 16.3 Å². The number of amides is 2. The number of nitrogens with zero attached hydrogens (tertiary/aromatic N) is 2. The summed E-state index contributed by atoms with van der Waals surface area (Å²) in [6.07, 6.45) is 0.222. The van der Waals surface area contributed by atoms with Gasteiger partial charge in [-0.15, -0.1) is 0 Å². The molecule has 0 saturated carbocycles. The van der Waals surface area contributed by atoms with Gasteiger partial charge in [0.2, 0.25) is 11.8 Å². The predicted octanol–water partition coefficient (Wildman–Crippen LogP) is 6.72. The minimum Gasteiger partial charge on any atom is -0.495 e. The van der Waals surface area contributed by atoms with Gasteiger partial charge in [-0.1, -0.05) is 89.5 Å². The zero-order chi connectivity index (χ0) is 34.4. The van der Waals surface area contributed by atoms with E-state index in [0.29, 0.717) is 5.75 Å². The van der Waals surface area contributed by atoms with Crippen LogP contribution in [0.3, 0.4) is 0 Å². The van der Waals surface area contributed by atoms with Crippen molar-refractivity contribution in [2.45, 2.75) is 64.1 Å². The molecule has 0 aliphatic carbocycles. The number of sulfonamides is 1. The summed E-state index contributed by atoms with van der Waals surface area (Å²) in [4.78, 5) is 30.1. The fourth-order valence-electron chi connectivity index (χ4n) is 5.07. The molecule has 8 nitrogen and oxygen atoms in total. The van der Waals surface area contributed by atoms with Gasteiger partial charge in [-0.2, -0.15) is 0 Å². The maximum atomic E-state index is 14.6. The maximum Gasteiger partial charge on any atom is 0.264 e. The molecule has 0 aliphatic heterocycles. The van der Waals surface area contributed by atoms with E-state index >= 15 is 0 Å². The number of ether oxygens (including phenoxy) is 1. The smallest absolute Gasteiger partial charge is 0.264 e. The van der Waals surface area contributed by atoms with Gasteiger partial charge in [0.05, 0.1) is 22.7 Å². The summed E-state index contributed by atoms with van der Waals surface area (Å²) >= 11 is 6.46. The molecular weight excluding hydrogens is 634 g/mol. The number of rotatable bonds is 12. The minimum absolute atomic E-state index is 0.0132. The summed E-state index contributed by atoms with van der Waals surface area (Å²) in [6.45, 7) is 8.95. The van der Waals surface area contributed by atoms with Crippen molar-refractivity contribution in [2.24, 2.45) is 0 Å². The Bertz CT molecular complexity index is 1790. The Labute approximate surface area is 283 Å². The third kappa shape index (κ3) is 9.36. The molecule has 1 atom stereocenters. The average molecular weight is 676 g/mol. The lowest BCUT2D eigenvalue weighted by Crippen LogP contribution is -2.56. The number of benzene rings is 4. The fraction of sp³-hybridized carbons (Fsp3) is 0.297. The van der Waals surface area contributed by atoms with Crippen LogP contribution >= 0.6 is 11.6 Å². The van der Waals surface area contributed by atoms with E-state index in [1.165, 1.54) is 30.2 Å². The highest BCUT2D eigenvalue weighted by molar-refractivity contribution is 7.92. The molecule has 4 aromatic rings. The first-order valence-electron chi connectivity index (χ1n) is 15.3. The van der Waals surface area contributed by atoms with Gasteiger partial charge in [-0.25, -0.2) is 8.42 Å². The van der Waals surface area contributed by atoms with Crippen molar-refractivity contribution in [3.63, 3.8) is 0 Å². The number of carbonyl (C=O) groups is 2. The van der Waals surface area contributed by atoms with E-state index in [9.17, 15) is 18.0 Å². The van der Waals surface area contributed by atoms with Gasteiger partial charge in [0.25, 0.3) is 10.0 Å². The third-order valence-corrected chi connectivity index (χ3v) is 9.64. The van der Waals surface area contributed by atoms with Crippen LogP contribution in [0.15, 0.2) is 102 Å². The van der Waals surface area contributed by atoms with Crippen molar-refractivity contribution < 1.29 is 22.7 Å². The van der Waals surface area contributed by atoms with Crippen LogP contribution < -0.4 is 14.4 Å². The van der Waals surface area contributed by atoms with E-state index in [1.807, 2.05) is 89.2 Å². The molecule has 0 spiro atoms. The number of nitrogens with one attached hydrogen (secondary N) is 1. The van der Waals surface area contributed by atoms with Crippen LogP contribution in [0.1, 0.15) is 43.0 Å². The molecule has 0 saturated heterocycles. The van der Waals surface area contributed by atoms with Gasteiger partial charge in [0, 0.05) is 18.5 Å². The first-order valence-corrected chi connectivity index (χ1v) is 17.1. The molecule has 0 heterocycles. The van der Waals surface area contributed by atoms with Crippen molar-refractivity contribution in [1.29, 1.82) is 0 Å². The van der Waals surface area contributed by atoms with E-state index in [1.54, 1.807) is 24.3 Å². The zero-order valence-electron chi connectivity index (χ0n) is 27.7. The number of hydrogen-bond donors (Lipinski definition) is 1. The van der Waals surface area contributed by atoms with Crippen LogP contribution in [0.5, 0.6) is 5.75 Å². The number of halogens is 1. The van der Waals surface area contributed by atoms with Gasteiger partial charge < -0.3 is 15.0 Å². The van der Waals surface area contributed by atoms with Crippen molar-refractivity contribution >= 4 is 39.1 Å². The molecule has 0 aliphatic rings. The Kier molecular flexibility index (Phi) is 11.4. The quantitative estimate of drug-likeness (QED) is 0.180. The SMILES string of the molecule is COc1ccc(N(CC(=O)N(Cc2ccc(C)cc2)C(Cc2ccccc2)C(=O)NC(C)(C)C)S(=O)(=O)c2ccc(C)cc2)cc1Cl. The van der Waals surface area contributed by atoms with Gasteiger partial charge in [0.15, 0.2) is 0 Å². The highest BCUT2D eigenvalue weighted by Gasteiger charge is 2.35. The Morgan fingerprint density at radius 2 is 1.45 bits per heavy atom. The van der Waals surface area contributed by atoms with Crippen LogP contribution in [0.25, 0.3) is 0 Å². The number of aryl methyl sites for hydroxylation is 2. The molecule has 248 valence electrons. The lowest BCUT2D eigenvalue weighted by Gasteiger charge is -2.35. The first kappa shape index (κ1) is 35.5. The summed E-state index contributed by atoms with van der Waals surface area (Å²) in [5.41, 5.74) is 3.19. The normalized spacial score (nSPS) is 12.2. The fourth-order valence-corrected chi connectivity index (χ4v) is 6.73. The van der Waals surface area contributed by atoms with Crippen LogP contribution in [0.4, 0.5) is 5.69 Å². The monoisotopic (exact) mass is 675 g/mol. The summed E-state index contributed by atoms with van der Waals surface area (Å²) < 4.78 is 34.8. The highest BCUT2D eigenvalue weighted by atomic mass is 35.5. The molecule has 4 rings (SSSR count). The highest BCUT2D eigenvalue weighted by Crippen LogP contribution is 2.32. The van der Waals surface area contributed by atoms with Crippen LogP contribution in [-0.2, 0) is 32.6 Å². The number of methoxy groups -OCH3 is 1. The molecule has 47 heavy (non-hydrogen) atoms. The Balaban J connectivity index is 1.84. The summed E-state index contributed by atoms with van der Waals surface area (Å²) in [7, 11) is -2.80. The topological polar surface area (TPSA) is 96.0 Å². The van der Waals surface area contributed by atoms with E-state index in [2.05, 4.69) is 5.32 Å². The van der Waals surface area contributed by atoms with Gasteiger partial charge in [-0.05, 0) is 76.1 Å². The predicted molar refractivity (Wildman–Crippen MR) is 187 cm³/mol. The lowest BCUT2D eigenvalue weighted by atomic mass is 10.0. The molecule has 2 amide bonds. The molecule has 0 aromatic heterocycles. The molecule has 0 bridgehead atoms. The second kappa shape index (κ2) is 15.0. The van der Waals surface area contributed by atoms with Crippen LogP contribution in [-0.4, -0.2) is 50.4 Å². The molecule has 10 heteroatoms. The summed E-state index contributed by atoms with van der Waals surface area (Å²) in [6, 6.07) is 27.1. The number of carbonyl (C=O) groups excluding carboxylic acids is 2. The van der Waals surface area contributed by atoms with E-state index < -0.39 is 34.1 Å². The minimum atomic E-state index is -4.26. The van der Waals surface area contributed by atoms with Gasteiger partial charge in [-0.3, -0.25) is 13.9 Å². The van der Waals surface area contributed by atoms with E-state index in [-0.39, 0.29) is 34.5 Å². The first-order chi connectivity index (χ1) is 22.2. The molecule has 1 N–H and O–H groups in total. The zero-order valence-corrected chi connectivity index (χ0v) is 29.2. The van der Waals surface area contributed by atoms with E-state index in [0.717, 1.165) is 26.6 Å². The molecule has 1 unspecified atom stereocenters. The Hall–Kier alpha value is -4.34. The Morgan fingerprint density at radius 1 is 0.851 bits per heavy atom. The second-order valence-electron chi connectivity index (χ2n) is 12.6. The Morgan fingerprint density at radius 3 is 2.00 bits per heavy atom. The summed E-state index contributed by atoms with van der Waals surface area (Å²) in [5.74, 6) is -0.544. The van der Waals surface area contributed by atoms with Crippen LogP contribution in [0.2, 0.25) is 5.02 Å². The molecular formula is C37H42ClN3O5S. The lowest BCUT2D eigenvalue weighted by molar-refractivity contribution is -0.140. The van der Waals surface area contributed by atoms with Gasteiger partial charge >= 0.3 is 0 Å². The molecule has 0 fully saturated rings. The van der Waals surface area contributed by atoms with Crippen molar-refractivity contribution in [2.75, 3.05) is 18.0 Å². The van der Waals surface area contributed by atoms with Crippen molar-refractivity contribution in [3.8, 4) is 5.75 Å². The summed E-state index contributed by atoms with van der Waals surface area (Å²) in [5, 5.41) is 3.23. The van der Waals surface area contributed by atoms with Crippen molar-refractivity contribution in [1.82, 2.24) is 10.2 Å².